The summed E-state index contributed by atoms with van der Waals surface area (Å²) in [5, 5.41) is 4.55. The van der Waals surface area contributed by atoms with E-state index in [9.17, 15) is 0 Å². The normalized spacial score (nSPS) is 19.8. The van der Waals surface area contributed by atoms with E-state index in [0.29, 0.717) is 30.8 Å². The maximum atomic E-state index is 6.12. The number of aryl methyl sites for hydroxylation is 4. The van der Waals surface area contributed by atoms with Crippen LogP contribution in [-0.4, -0.2) is 49.4 Å². The molecule has 0 unspecified atom stereocenters. The molecule has 1 aromatic carbocycles. The smallest absolute Gasteiger partial charge is 0.228 e. The van der Waals surface area contributed by atoms with Crippen LogP contribution in [0.25, 0.3) is 22.4 Å². The molecular weight excluding hydrogens is 426 g/mol. The second kappa shape index (κ2) is 7.56. The molecule has 1 saturated heterocycles. The standard InChI is InChI=1S/C26H27N7O/c1-15-16(2)29-25-24(28-15)23(19-6-4-17-3-5-18(17)11-19)30-26(31-25)32-9-10-34-22(14-32)20-12-27-33(13-20)21-7-8-21/h4,6,11-13,21-22H,3,5,7-10,14H2,1-2H3/t22-/m1/s1. The lowest BCUT2D eigenvalue weighted by Gasteiger charge is -2.32. The van der Waals surface area contributed by atoms with Gasteiger partial charge in [0.15, 0.2) is 5.65 Å². The molecule has 1 saturated carbocycles. The SMILES string of the molecule is Cc1nc2nc(N3CCO[C@@H](c4cnn(C5CC5)c4)C3)nc(-c3ccc4c(c3)CC4)c2nc1C. The molecule has 8 heteroatoms. The van der Waals surface area contributed by atoms with Crippen molar-refractivity contribution in [2.24, 2.45) is 0 Å². The highest BCUT2D eigenvalue weighted by Gasteiger charge is 2.29. The quantitative estimate of drug-likeness (QED) is 0.463. The van der Waals surface area contributed by atoms with Crippen LogP contribution in [-0.2, 0) is 17.6 Å². The van der Waals surface area contributed by atoms with Gasteiger partial charge >= 0.3 is 0 Å². The van der Waals surface area contributed by atoms with Gasteiger partial charge in [-0.2, -0.15) is 10.1 Å². The van der Waals surface area contributed by atoms with Crippen molar-refractivity contribution in [1.29, 1.82) is 0 Å². The van der Waals surface area contributed by atoms with Crippen molar-refractivity contribution in [2.45, 2.75) is 51.7 Å². The second-order valence-corrected chi connectivity index (χ2v) is 9.71. The van der Waals surface area contributed by atoms with Gasteiger partial charge in [0.2, 0.25) is 5.95 Å². The Morgan fingerprint density at radius 3 is 2.62 bits per heavy atom. The average Bonchev–Trinajstić information content (AvgIpc) is 3.56. The minimum Gasteiger partial charge on any atom is -0.370 e. The van der Waals surface area contributed by atoms with Crippen LogP contribution in [0.1, 0.15) is 53.1 Å². The van der Waals surface area contributed by atoms with E-state index in [1.54, 1.807) is 0 Å². The second-order valence-electron chi connectivity index (χ2n) is 9.71. The van der Waals surface area contributed by atoms with Crippen molar-refractivity contribution in [3.8, 4) is 11.3 Å². The molecule has 1 atom stereocenters. The summed E-state index contributed by atoms with van der Waals surface area (Å²) in [5.74, 6) is 0.686. The van der Waals surface area contributed by atoms with Gasteiger partial charge in [-0.15, -0.1) is 0 Å². The summed E-state index contributed by atoms with van der Waals surface area (Å²) < 4.78 is 8.20. The summed E-state index contributed by atoms with van der Waals surface area (Å²) in [5.41, 5.74) is 9.11. The van der Waals surface area contributed by atoms with E-state index in [1.165, 1.54) is 24.0 Å². The monoisotopic (exact) mass is 453 g/mol. The Morgan fingerprint density at radius 2 is 1.82 bits per heavy atom. The maximum absolute atomic E-state index is 6.12. The summed E-state index contributed by atoms with van der Waals surface area (Å²) in [7, 11) is 0. The fraction of sp³-hybridized carbons (Fsp3) is 0.423. The van der Waals surface area contributed by atoms with Crippen molar-refractivity contribution in [1.82, 2.24) is 29.7 Å². The number of benzene rings is 1. The number of hydrogen-bond acceptors (Lipinski definition) is 7. The molecule has 0 bridgehead atoms. The molecule has 0 N–H and O–H groups in total. The molecule has 34 heavy (non-hydrogen) atoms. The molecule has 4 heterocycles. The minimum absolute atomic E-state index is 0.0497. The molecule has 0 spiro atoms. The number of rotatable bonds is 4. The molecular formula is C26H27N7O. The van der Waals surface area contributed by atoms with Gasteiger partial charge in [-0.1, -0.05) is 12.1 Å². The van der Waals surface area contributed by atoms with Gasteiger partial charge in [0.25, 0.3) is 0 Å². The van der Waals surface area contributed by atoms with Crippen molar-refractivity contribution < 1.29 is 4.74 Å². The van der Waals surface area contributed by atoms with Crippen molar-refractivity contribution in [3.63, 3.8) is 0 Å². The Hall–Kier alpha value is -3.39. The number of morpholine rings is 1. The van der Waals surface area contributed by atoms with Crippen molar-refractivity contribution >= 4 is 17.1 Å². The third kappa shape index (κ3) is 3.36. The molecule has 0 amide bonds. The summed E-state index contributed by atoms with van der Waals surface area (Å²) in [6.07, 6.45) is 8.75. The van der Waals surface area contributed by atoms with Gasteiger partial charge in [0, 0.05) is 23.9 Å². The van der Waals surface area contributed by atoms with Crippen LogP contribution in [0.4, 0.5) is 5.95 Å². The highest BCUT2D eigenvalue weighted by molar-refractivity contribution is 5.88. The van der Waals surface area contributed by atoms with Crippen LogP contribution >= 0.6 is 0 Å². The Labute approximate surface area is 198 Å². The van der Waals surface area contributed by atoms with Crippen molar-refractivity contribution in [3.05, 3.63) is 58.7 Å². The first-order chi connectivity index (χ1) is 16.6. The van der Waals surface area contributed by atoms with Gasteiger partial charge in [0.1, 0.15) is 17.3 Å². The molecule has 3 aliphatic rings. The van der Waals surface area contributed by atoms with E-state index in [-0.39, 0.29) is 6.10 Å². The van der Waals surface area contributed by atoms with Crippen LogP contribution in [0.5, 0.6) is 0 Å². The first-order valence-corrected chi connectivity index (χ1v) is 12.2. The van der Waals surface area contributed by atoms with Gasteiger partial charge < -0.3 is 9.64 Å². The van der Waals surface area contributed by atoms with Gasteiger partial charge in [-0.05, 0) is 56.7 Å². The number of ether oxygens (including phenoxy) is 1. The Balaban J connectivity index is 1.28. The highest BCUT2D eigenvalue weighted by Crippen LogP contribution is 2.36. The minimum atomic E-state index is -0.0497. The van der Waals surface area contributed by atoms with E-state index in [1.807, 2.05) is 20.0 Å². The molecule has 7 rings (SSSR count). The number of anilines is 1. The van der Waals surface area contributed by atoms with Gasteiger partial charge in [-0.3, -0.25) is 4.68 Å². The zero-order valence-electron chi connectivity index (χ0n) is 19.5. The van der Waals surface area contributed by atoms with Crippen LogP contribution in [0.15, 0.2) is 30.6 Å². The molecule has 4 aromatic rings. The summed E-state index contributed by atoms with van der Waals surface area (Å²) in [6.45, 7) is 6.01. The summed E-state index contributed by atoms with van der Waals surface area (Å²) >= 11 is 0. The average molecular weight is 454 g/mol. The Kier molecular flexibility index (Phi) is 4.45. The zero-order chi connectivity index (χ0) is 22.8. The molecule has 8 nitrogen and oxygen atoms in total. The van der Waals surface area contributed by atoms with Gasteiger partial charge in [-0.25, -0.2) is 15.0 Å². The van der Waals surface area contributed by atoms with Crippen LogP contribution in [0, 0.1) is 13.8 Å². The number of nitrogens with zero attached hydrogens (tertiary/aromatic N) is 7. The lowest BCUT2D eigenvalue weighted by molar-refractivity contribution is 0.0392. The van der Waals surface area contributed by atoms with Crippen LogP contribution < -0.4 is 4.90 Å². The van der Waals surface area contributed by atoms with Crippen LogP contribution in [0.3, 0.4) is 0 Å². The molecule has 0 radical (unpaired) electrons. The van der Waals surface area contributed by atoms with Crippen LogP contribution in [0.2, 0.25) is 0 Å². The van der Waals surface area contributed by atoms with Crippen molar-refractivity contribution in [2.75, 3.05) is 24.6 Å². The van der Waals surface area contributed by atoms with E-state index in [4.69, 9.17) is 24.7 Å². The third-order valence-electron chi connectivity index (χ3n) is 7.34. The Morgan fingerprint density at radius 1 is 0.971 bits per heavy atom. The fourth-order valence-electron chi connectivity index (χ4n) is 4.88. The number of aromatic nitrogens is 6. The number of hydrogen-bond donors (Lipinski definition) is 0. The number of fused-ring (bicyclic) bond motifs is 2. The molecule has 1 aliphatic heterocycles. The lowest BCUT2D eigenvalue weighted by Crippen LogP contribution is -2.39. The largest absolute Gasteiger partial charge is 0.370 e. The third-order valence-corrected chi connectivity index (χ3v) is 7.34. The maximum Gasteiger partial charge on any atom is 0.228 e. The lowest BCUT2D eigenvalue weighted by atomic mass is 9.87. The topological polar surface area (TPSA) is 81.9 Å². The molecule has 172 valence electrons. The Bertz CT molecular complexity index is 1420. The highest BCUT2D eigenvalue weighted by atomic mass is 16.5. The first kappa shape index (κ1) is 20.0. The summed E-state index contributed by atoms with van der Waals surface area (Å²) in [4.78, 5) is 21.8. The molecule has 2 aliphatic carbocycles. The summed E-state index contributed by atoms with van der Waals surface area (Å²) in [6, 6.07) is 7.21. The predicted molar refractivity (Wildman–Crippen MR) is 129 cm³/mol. The molecule has 2 fully saturated rings. The van der Waals surface area contributed by atoms with E-state index in [0.717, 1.165) is 53.1 Å². The molecule has 3 aromatic heterocycles. The zero-order valence-corrected chi connectivity index (χ0v) is 19.5. The fourth-order valence-corrected chi connectivity index (χ4v) is 4.88. The van der Waals surface area contributed by atoms with E-state index in [2.05, 4.69) is 39.1 Å². The first-order valence-electron chi connectivity index (χ1n) is 12.2. The van der Waals surface area contributed by atoms with E-state index < -0.39 is 0 Å². The predicted octanol–water partition coefficient (Wildman–Crippen LogP) is 3.91. The van der Waals surface area contributed by atoms with E-state index >= 15 is 0 Å². The van der Waals surface area contributed by atoms with Gasteiger partial charge in [0.05, 0.1) is 36.8 Å².